The number of benzene rings is 2. The second-order valence-corrected chi connectivity index (χ2v) is 5.58. The molecule has 7 nitrogen and oxygen atoms in total. The maximum absolute atomic E-state index is 12.5. The molecule has 1 unspecified atom stereocenters. The normalized spacial score (nSPS) is 11.8. The maximum atomic E-state index is 12.5. The van der Waals surface area contributed by atoms with Crippen LogP contribution in [0, 0.1) is 0 Å². The van der Waals surface area contributed by atoms with Crippen molar-refractivity contribution in [2.24, 2.45) is 0 Å². The van der Waals surface area contributed by atoms with Crippen LogP contribution >= 0.6 is 0 Å². The standard InChI is InChI=1S/C18H19N5O2/c1-22(15(24)13-9-5-3-6-10-13)17-19-18(21-20-17)23(2)16(25)14-11-7-4-8-12-14/h3-12,15,24H,1-2H3,(H,19,20,21). The first-order valence-corrected chi connectivity index (χ1v) is 7.79. The van der Waals surface area contributed by atoms with Crippen LogP contribution in [0.2, 0.25) is 0 Å². The van der Waals surface area contributed by atoms with Gasteiger partial charge in [-0.3, -0.25) is 9.69 Å². The fourth-order valence-electron chi connectivity index (χ4n) is 2.38. The minimum absolute atomic E-state index is 0.199. The van der Waals surface area contributed by atoms with Crippen LogP contribution in [0.1, 0.15) is 22.1 Å². The molecule has 7 heteroatoms. The van der Waals surface area contributed by atoms with Crippen molar-refractivity contribution in [3.8, 4) is 0 Å². The Balaban J connectivity index is 1.76. The van der Waals surface area contributed by atoms with E-state index < -0.39 is 6.23 Å². The molecule has 1 amide bonds. The van der Waals surface area contributed by atoms with Crippen LogP contribution in [-0.2, 0) is 0 Å². The van der Waals surface area contributed by atoms with Crippen molar-refractivity contribution in [2.75, 3.05) is 23.9 Å². The Morgan fingerprint density at radius 1 is 1.04 bits per heavy atom. The molecule has 0 fully saturated rings. The first-order valence-electron chi connectivity index (χ1n) is 7.79. The highest BCUT2D eigenvalue weighted by molar-refractivity contribution is 6.04. The molecule has 1 aromatic heterocycles. The summed E-state index contributed by atoms with van der Waals surface area (Å²) < 4.78 is 0. The minimum Gasteiger partial charge on any atom is -0.369 e. The Hall–Kier alpha value is -3.19. The summed E-state index contributed by atoms with van der Waals surface area (Å²) in [7, 11) is 3.30. The average molecular weight is 337 g/mol. The van der Waals surface area contributed by atoms with Gasteiger partial charge in [-0.1, -0.05) is 48.5 Å². The summed E-state index contributed by atoms with van der Waals surface area (Å²) in [6, 6.07) is 18.1. The molecular weight excluding hydrogens is 318 g/mol. The highest BCUT2D eigenvalue weighted by Crippen LogP contribution is 2.22. The van der Waals surface area contributed by atoms with Gasteiger partial charge in [-0.15, -0.1) is 5.10 Å². The molecule has 0 spiro atoms. The lowest BCUT2D eigenvalue weighted by molar-refractivity contribution is 0.0991. The number of anilines is 2. The van der Waals surface area contributed by atoms with Gasteiger partial charge < -0.3 is 10.0 Å². The summed E-state index contributed by atoms with van der Waals surface area (Å²) in [5.74, 6) is 0.393. The topological polar surface area (TPSA) is 85.3 Å². The van der Waals surface area contributed by atoms with Crippen molar-refractivity contribution in [3.63, 3.8) is 0 Å². The Morgan fingerprint density at radius 3 is 2.28 bits per heavy atom. The SMILES string of the molecule is CN(C(=O)c1ccccc1)c1nc(N(C)C(O)c2ccccc2)n[nH]1. The zero-order valence-electron chi connectivity index (χ0n) is 14.0. The first kappa shape index (κ1) is 16.7. The van der Waals surface area contributed by atoms with E-state index in [4.69, 9.17) is 0 Å². The van der Waals surface area contributed by atoms with E-state index in [2.05, 4.69) is 15.2 Å². The van der Waals surface area contributed by atoms with Crippen molar-refractivity contribution in [2.45, 2.75) is 6.23 Å². The van der Waals surface area contributed by atoms with Crippen LogP contribution < -0.4 is 9.80 Å². The molecule has 0 aliphatic rings. The van der Waals surface area contributed by atoms with Gasteiger partial charge >= 0.3 is 0 Å². The van der Waals surface area contributed by atoms with Crippen molar-refractivity contribution in [1.82, 2.24) is 15.2 Å². The molecule has 3 aromatic rings. The zero-order chi connectivity index (χ0) is 17.8. The van der Waals surface area contributed by atoms with Crippen molar-refractivity contribution < 1.29 is 9.90 Å². The van der Waals surface area contributed by atoms with Gasteiger partial charge in [0.2, 0.25) is 11.9 Å². The number of nitrogens with one attached hydrogen (secondary N) is 1. The molecule has 0 bridgehead atoms. The number of rotatable bonds is 5. The van der Waals surface area contributed by atoms with Gasteiger partial charge in [0.1, 0.15) is 0 Å². The number of hydrogen-bond acceptors (Lipinski definition) is 5. The lowest BCUT2D eigenvalue weighted by atomic mass is 10.2. The van der Waals surface area contributed by atoms with Gasteiger partial charge in [-0.05, 0) is 12.1 Å². The Kier molecular flexibility index (Phi) is 4.76. The molecule has 0 radical (unpaired) electrons. The molecule has 0 aliphatic carbocycles. The summed E-state index contributed by atoms with van der Waals surface area (Å²) >= 11 is 0. The number of nitrogens with zero attached hydrogens (tertiary/aromatic N) is 4. The molecule has 25 heavy (non-hydrogen) atoms. The van der Waals surface area contributed by atoms with Gasteiger partial charge in [0.15, 0.2) is 6.23 Å². The van der Waals surface area contributed by atoms with Crippen molar-refractivity contribution >= 4 is 17.8 Å². The molecular formula is C18H19N5O2. The Labute approximate surface area is 145 Å². The van der Waals surface area contributed by atoms with Crippen molar-refractivity contribution in [3.05, 3.63) is 71.8 Å². The third-order valence-electron chi connectivity index (χ3n) is 3.88. The van der Waals surface area contributed by atoms with Crippen molar-refractivity contribution in [1.29, 1.82) is 0 Å². The predicted molar refractivity (Wildman–Crippen MR) is 95.4 cm³/mol. The van der Waals surface area contributed by atoms with Gasteiger partial charge in [0.25, 0.3) is 5.91 Å². The average Bonchev–Trinajstić information content (AvgIpc) is 3.17. The molecule has 3 rings (SSSR count). The summed E-state index contributed by atoms with van der Waals surface area (Å²) in [6.45, 7) is 0. The number of aliphatic hydroxyl groups is 1. The lowest BCUT2D eigenvalue weighted by Gasteiger charge is -2.22. The molecule has 0 saturated carbocycles. The number of hydrogen-bond donors (Lipinski definition) is 2. The minimum atomic E-state index is -0.889. The van der Waals surface area contributed by atoms with E-state index in [1.165, 1.54) is 9.80 Å². The van der Waals surface area contributed by atoms with Gasteiger partial charge in [0.05, 0.1) is 0 Å². The molecule has 1 atom stereocenters. The van der Waals surface area contributed by atoms with Crippen LogP contribution in [-0.4, -0.2) is 40.3 Å². The van der Waals surface area contributed by atoms with Crippen LogP contribution in [0.4, 0.5) is 11.9 Å². The molecule has 0 aliphatic heterocycles. The third kappa shape index (κ3) is 3.51. The lowest BCUT2D eigenvalue weighted by Crippen LogP contribution is -2.27. The number of aliphatic hydroxyl groups excluding tert-OH is 1. The van der Waals surface area contributed by atoms with Crippen LogP contribution in [0.25, 0.3) is 0 Å². The monoisotopic (exact) mass is 337 g/mol. The predicted octanol–water partition coefficient (Wildman–Crippen LogP) is 2.21. The van der Waals surface area contributed by atoms with Gasteiger partial charge in [-0.2, -0.15) is 4.98 Å². The molecule has 1 heterocycles. The summed E-state index contributed by atoms with van der Waals surface area (Å²) in [5.41, 5.74) is 1.28. The van der Waals surface area contributed by atoms with E-state index in [1.54, 1.807) is 38.4 Å². The molecule has 0 saturated heterocycles. The third-order valence-corrected chi connectivity index (χ3v) is 3.88. The van der Waals surface area contributed by atoms with Gasteiger partial charge in [0, 0.05) is 25.2 Å². The van der Waals surface area contributed by atoms with E-state index in [1.807, 2.05) is 36.4 Å². The van der Waals surface area contributed by atoms with E-state index >= 15 is 0 Å². The smallest absolute Gasteiger partial charge is 0.260 e. The fourth-order valence-corrected chi connectivity index (χ4v) is 2.38. The van der Waals surface area contributed by atoms with E-state index in [-0.39, 0.29) is 5.91 Å². The number of carbonyl (C=O) groups excluding carboxylic acids is 1. The fraction of sp³-hybridized carbons (Fsp3) is 0.167. The molecule has 2 aromatic carbocycles. The zero-order valence-corrected chi connectivity index (χ0v) is 14.0. The largest absolute Gasteiger partial charge is 0.369 e. The number of aromatic amines is 1. The molecule has 2 N–H and O–H groups in total. The number of aromatic nitrogens is 3. The van der Waals surface area contributed by atoms with Crippen LogP contribution in [0.3, 0.4) is 0 Å². The van der Waals surface area contributed by atoms with Gasteiger partial charge in [-0.25, -0.2) is 5.10 Å². The molecule has 128 valence electrons. The van der Waals surface area contributed by atoms with Crippen LogP contribution in [0.15, 0.2) is 60.7 Å². The summed E-state index contributed by atoms with van der Waals surface area (Å²) in [6.07, 6.45) is -0.889. The van der Waals surface area contributed by atoms with E-state index in [0.29, 0.717) is 17.5 Å². The number of H-pyrrole nitrogens is 1. The second-order valence-electron chi connectivity index (χ2n) is 5.58. The second kappa shape index (κ2) is 7.14. The number of carbonyl (C=O) groups is 1. The summed E-state index contributed by atoms with van der Waals surface area (Å²) in [4.78, 5) is 19.7. The van der Waals surface area contributed by atoms with E-state index in [0.717, 1.165) is 5.56 Å². The highest BCUT2D eigenvalue weighted by atomic mass is 16.3. The van der Waals surface area contributed by atoms with Crippen LogP contribution in [0.5, 0.6) is 0 Å². The Bertz CT molecular complexity index is 835. The summed E-state index contributed by atoms with van der Waals surface area (Å²) in [5, 5.41) is 17.3. The van der Waals surface area contributed by atoms with E-state index in [9.17, 15) is 9.90 Å². The quantitative estimate of drug-likeness (QED) is 0.697. The number of amides is 1. The first-order chi connectivity index (χ1) is 12.1. The Morgan fingerprint density at radius 2 is 1.64 bits per heavy atom. The maximum Gasteiger partial charge on any atom is 0.260 e. The highest BCUT2D eigenvalue weighted by Gasteiger charge is 2.21.